The molecule has 0 radical (unpaired) electrons. The van der Waals surface area contributed by atoms with E-state index in [2.05, 4.69) is 41.5 Å². The highest BCUT2D eigenvalue weighted by Gasteiger charge is 2.17. The van der Waals surface area contributed by atoms with Crippen LogP contribution in [0.25, 0.3) is 11.4 Å². The van der Waals surface area contributed by atoms with Crippen LogP contribution in [0.4, 0.5) is 0 Å². The number of aromatic nitrogens is 2. The van der Waals surface area contributed by atoms with Crippen molar-refractivity contribution in [3.63, 3.8) is 0 Å². The molecule has 0 saturated heterocycles. The third-order valence-electron chi connectivity index (χ3n) is 3.62. The van der Waals surface area contributed by atoms with Gasteiger partial charge in [-0.3, -0.25) is 4.79 Å². The van der Waals surface area contributed by atoms with Gasteiger partial charge in [-0.25, -0.2) is 0 Å². The maximum Gasteiger partial charge on any atom is 0.251 e. The maximum atomic E-state index is 12.1. The predicted octanol–water partition coefficient (Wildman–Crippen LogP) is 2.66. The fourth-order valence-corrected chi connectivity index (χ4v) is 2.12. The molecule has 0 bridgehead atoms. The molecule has 0 fully saturated rings. The largest absolute Gasteiger partial charge is 0.350 e. The molecule has 1 atom stereocenters. The third kappa shape index (κ3) is 5.16. The monoisotopic (exact) mass is 330 g/mol. The van der Waals surface area contributed by atoms with E-state index < -0.39 is 0 Å². The van der Waals surface area contributed by atoms with Gasteiger partial charge in [0.2, 0.25) is 11.7 Å². The molecule has 1 amide bonds. The predicted molar refractivity (Wildman–Crippen MR) is 93.7 cm³/mol. The Balaban J connectivity index is 2.03. The van der Waals surface area contributed by atoms with Crippen LogP contribution in [-0.2, 0) is 6.42 Å². The Labute approximate surface area is 143 Å². The minimum absolute atomic E-state index is 0.0924. The summed E-state index contributed by atoms with van der Waals surface area (Å²) in [5.41, 5.74) is 1.54. The Morgan fingerprint density at radius 3 is 2.50 bits per heavy atom. The number of likely N-dealkylation sites (N-methyl/N-ethyl adjacent to an activating group) is 1. The molecular formula is C18H26N4O2. The van der Waals surface area contributed by atoms with E-state index in [0.29, 0.717) is 23.8 Å². The minimum Gasteiger partial charge on any atom is -0.350 e. The summed E-state index contributed by atoms with van der Waals surface area (Å²) in [7, 11) is 1.87. The van der Waals surface area contributed by atoms with Gasteiger partial charge < -0.3 is 15.2 Å². The Morgan fingerprint density at radius 1 is 1.25 bits per heavy atom. The first-order valence-corrected chi connectivity index (χ1v) is 8.17. The summed E-state index contributed by atoms with van der Waals surface area (Å²) in [6.45, 7) is 8.96. The van der Waals surface area contributed by atoms with Crippen LogP contribution in [0.3, 0.4) is 0 Å². The summed E-state index contributed by atoms with van der Waals surface area (Å²) in [6.07, 6.45) is 0.726. The molecule has 130 valence electrons. The Kier molecular flexibility index (Phi) is 5.72. The molecule has 1 aromatic heterocycles. The normalized spacial score (nSPS) is 12.9. The number of hydrogen-bond acceptors (Lipinski definition) is 5. The summed E-state index contributed by atoms with van der Waals surface area (Å²) in [6, 6.07) is 7.45. The van der Waals surface area contributed by atoms with Crippen LogP contribution >= 0.6 is 0 Å². The lowest BCUT2D eigenvalue weighted by Gasteiger charge is -2.13. The van der Waals surface area contributed by atoms with Gasteiger partial charge in [0.05, 0.1) is 0 Å². The average molecular weight is 330 g/mol. The molecule has 0 spiro atoms. The van der Waals surface area contributed by atoms with Crippen molar-refractivity contribution in [1.82, 2.24) is 20.8 Å². The molecular weight excluding hydrogens is 304 g/mol. The van der Waals surface area contributed by atoms with Crippen molar-refractivity contribution in [2.45, 2.75) is 40.2 Å². The van der Waals surface area contributed by atoms with Crippen LogP contribution in [0.1, 0.15) is 43.9 Å². The van der Waals surface area contributed by atoms with Crippen molar-refractivity contribution >= 4 is 5.91 Å². The zero-order valence-corrected chi connectivity index (χ0v) is 15.0. The van der Waals surface area contributed by atoms with E-state index in [4.69, 9.17) is 4.52 Å². The molecule has 24 heavy (non-hydrogen) atoms. The molecule has 0 aliphatic rings. The lowest BCUT2D eigenvalue weighted by Crippen LogP contribution is -2.37. The van der Waals surface area contributed by atoms with Crippen LogP contribution in [0.5, 0.6) is 0 Å². The molecule has 1 heterocycles. The summed E-state index contributed by atoms with van der Waals surface area (Å²) in [5, 5.41) is 9.99. The smallest absolute Gasteiger partial charge is 0.251 e. The zero-order chi connectivity index (χ0) is 17.7. The van der Waals surface area contributed by atoms with Gasteiger partial charge in [-0.05, 0) is 31.5 Å². The van der Waals surface area contributed by atoms with Gasteiger partial charge in [0.1, 0.15) is 0 Å². The number of nitrogens with one attached hydrogen (secondary N) is 2. The molecule has 2 N–H and O–H groups in total. The maximum absolute atomic E-state index is 12.1. The Hall–Kier alpha value is -2.21. The molecule has 0 aliphatic heterocycles. The molecule has 6 heteroatoms. The lowest BCUT2D eigenvalue weighted by molar-refractivity contribution is 0.0950. The van der Waals surface area contributed by atoms with Crippen LogP contribution in [0, 0.1) is 5.41 Å². The van der Waals surface area contributed by atoms with Gasteiger partial charge in [-0.2, -0.15) is 4.98 Å². The second kappa shape index (κ2) is 7.57. The van der Waals surface area contributed by atoms with Crippen LogP contribution in [0.2, 0.25) is 0 Å². The van der Waals surface area contributed by atoms with Gasteiger partial charge in [0, 0.05) is 30.1 Å². The molecule has 0 aliphatic carbocycles. The molecule has 0 saturated carbocycles. The van der Waals surface area contributed by atoms with Crippen molar-refractivity contribution in [2.24, 2.45) is 5.41 Å². The van der Waals surface area contributed by atoms with E-state index >= 15 is 0 Å². The summed E-state index contributed by atoms with van der Waals surface area (Å²) in [5.74, 6) is 1.08. The Morgan fingerprint density at radius 2 is 1.92 bits per heavy atom. The van der Waals surface area contributed by atoms with E-state index in [-0.39, 0.29) is 17.4 Å². The number of benzene rings is 1. The number of carbonyl (C=O) groups is 1. The fourth-order valence-electron chi connectivity index (χ4n) is 2.12. The second-order valence-corrected chi connectivity index (χ2v) is 7.23. The third-order valence-corrected chi connectivity index (χ3v) is 3.62. The van der Waals surface area contributed by atoms with Crippen LogP contribution < -0.4 is 10.6 Å². The number of carbonyl (C=O) groups excluding carboxylic acids is 1. The fraction of sp³-hybridized carbons (Fsp3) is 0.500. The summed E-state index contributed by atoms with van der Waals surface area (Å²) in [4.78, 5) is 16.5. The van der Waals surface area contributed by atoms with Crippen LogP contribution in [-0.4, -0.2) is 35.7 Å². The quantitative estimate of drug-likeness (QED) is 0.851. The van der Waals surface area contributed by atoms with Gasteiger partial charge in [-0.15, -0.1) is 0 Å². The first-order chi connectivity index (χ1) is 11.3. The van der Waals surface area contributed by atoms with Crippen molar-refractivity contribution < 1.29 is 9.32 Å². The molecule has 1 unspecified atom stereocenters. The van der Waals surface area contributed by atoms with Gasteiger partial charge in [0.15, 0.2) is 0 Å². The molecule has 1 aromatic carbocycles. The first-order valence-electron chi connectivity index (χ1n) is 8.17. The standard InChI is InChI=1S/C18H26N4O2/c1-12(19-5)11-20-17(23)14-8-6-13(7-9-14)16-21-15(24-22-16)10-18(2,3)4/h6-9,12,19H,10-11H2,1-5H3,(H,20,23). The van der Waals surface area contributed by atoms with Crippen molar-refractivity contribution in [1.29, 1.82) is 0 Å². The van der Waals surface area contributed by atoms with Gasteiger partial charge in [0.25, 0.3) is 5.91 Å². The van der Waals surface area contributed by atoms with Crippen molar-refractivity contribution in [2.75, 3.05) is 13.6 Å². The van der Waals surface area contributed by atoms with E-state index in [1.807, 2.05) is 26.1 Å². The van der Waals surface area contributed by atoms with Crippen molar-refractivity contribution in [3.05, 3.63) is 35.7 Å². The highest BCUT2D eigenvalue weighted by molar-refractivity contribution is 5.94. The lowest BCUT2D eigenvalue weighted by atomic mass is 9.92. The summed E-state index contributed by atoms with van der Waals surface area (Å²) < 4.78 is 5.30. The second-order valence-electron chi connectivity index (χ2n) is 7.23. The topological polar surface area (TPSA) is 80.0 Å². The molecule has 2 rings (SSSR count). The minimum atomic E-state index is -0.0924. The molecule has 2 aromatic rings. The number of nitrogens with zero attached hydrogens (tertiary/aromatic N) is 2. The SMILES string of the molecule is CNC(C)CNC(=O)c1ccc(-c2noc(CC(C)(C)C)n2)cc1. The van der Waals surface area contributed by atoms with E-state index in [0.717, 1.165) is 12.0 Å². The van der Waals surface area contributed by atoms with E-state index in [1.165, 1.54) is 0 Å². The van der Waals surface area contributed by atoms with Crippen LogP contribution in [0.15, 0.2) is 28.8 Å². The number of rotatable bonds is 6. The highest BCUT2D eigenvalue weighted by Crippen LogP contribution is 2.22. The Bertz CT molecular complexity index is 671. The number of amides is 1. The average Bonchev–Trinajstić information content (AvgIpc) is 2.98. The van der Waals surface area contributed by atoms with Gasteiger partial charge in [-0.1, -0.05) is 38.1 Å². The first kappa shape index (κ1) is 18.1. The van der Waals surface area contributed by atoms with Gasteiger partial charge >= 0.3 is 0 Å². The van der Waals surface area contributed by atoms with E-state index in [1.54, 1.807) is 12.1 Å². The zero-order valence-electron chi connectivity index (χ0n) is 15.0. The summed E-state index contributed by atoms with van der Waals surface area (Å²) >= 11 is 0. The highest BCUT2D eigenvalue weighted by atomic mass is 16.5. The molecule has 6 nitrogen and oxygen atoms in total. The van der Waals surface area contributed by atoms with Crippen molar-refractivity contribution in [3.8, 4) is 11.4 Å². The number of hydrogen-bond donors (Lipinski definition) is 2. The van der Waals surface area contributed by atoms with E-state index in [9.17, 15) is 4.79 Å².